The molecule has 3 unspecified atom stereocenters. The highest BCUT2D eigenvalue weighted by molar-refractivity contribution is 7.87. The van der Waals surface area contributed by atoms with Gasteiger partial charge in [-0.3, -0.25) is 4.79 Å². The van der Waals surface area contributed by atoms with Gasteiger partial charge in [0.05, 0.1) is 12.1 Å². The summed E-state index contributed by atoms with van der Waals surface area (Å²) < 4.78 is 34.4. The number of hydrogen-bond donors (Lipinski definition) is 1. The van der Waals surface area contributed by atoms with E-state index >= 15 is 0 Å². The fourth-order valence-electron chi connectivity index (χ4n) is 2.66. The fraction of sp³-hybridized carbons (Fsp3) is 0.900. The number of halogens is 1. The first kappa shape index (κ1) is 12.8. The summed E-state index contributed by atoms with van der Waals surface area (Å²) in [4.78, 5) is 13.0. The first-order valence-electron chi connectivity index (χ1n) is 5.80. The maximum absolute atomic E-state index is 12.8. The third-order valence-electron chi connectivity index (χ3n) is 3.62. The van der Waals surface area contributed by atoms with Gasteiger partial charge in [0, 0.05) is 13.0 Å². The average molecular weight is 265 g/mol. The Labute approximate surface area is 99.8 Å². The van der Waals surface area contributed by atoms with Gasteiger partial charge in [-0.2, -0.15) is 8.42 Å². The maximum Gasteiger partial charge on any atom is 0.307 e. The molecule has 1 amide bonds. The first-order chi connectivity index (χ1) is 7.89. The molecule has 0 aromatic carbocycles. The molecule has 0 aromatic rings. The van der Waals surface area contributed by atoms with Crippen LogP contribution < -0.4 is 0 Å². The molecule has 2 rings (SSSR count). The normalized spacial score (nSPS) is 35.3. The average Bonchev–Trinajstić information content (AvgIpc) is 2.61. The summed E-state index contributed by atoms with van der Waals surface area (Å²) in [5.74, 6) is -0.373. The molecule has 1 aliphatic heterocycles. The van der Waals surface area contributed by atoms with Crippen molar-refractivity contribution in [2.45, 2.75) is 49.5 Å². The van der Waals surface area contributed by atoms with Gasteiger partial charge in [0.1, 0.15) is 5.25 Å². The number of carbonyl (C=O) groups is 1. The van der Waals surface area contributed by atoms with Gasteiger partial charge in [0.2, 0.25) is 5.91 Å². The van der Waals surface area contributed by atoms with Crippen LogP contribution in [0.5, 0.6) is 0 Å². The molecule has 0 radical (unpaired) electrons. The third kappa shape index (κ3) is 2.60. The van der Waals surface area contributed by atoms with E-state index in [2.05, 4.69) is 0 Å². The Kier molecular flexibility index (Phi) is 3.40. The molecule has 0 bridgehead atoms. The van der Waals surface area contributed by atoms with Crippen LogP contribution >= 0.6 is 0 Å². The third-order valence-corrected chi connectivity index (χ3v) is 4.73. The quantitative estimate of drug-likeness (QED) is 0.723. The Morgan fingerprint density at radius 3 is 2.47 bits per heavy atom. The smallest absolute Gasteiger partial charge is 0.307 e. The van der Waals surface area contributed by atoms with E-state index in [4.69, 9.17) is 0 Å². The van der Waals surface area contributed by atoms with Crippen LogP contribution in [0.25, 0.3) is 0 Å². The van der Waals surface area contributed by atoms with E-state index in [9.17, 15) is 22.2 Å². The maximum atomic E-state index is 12.8. The fourth-order valence-corrected chi connectivity index (χ4v) is 3.34. The molecule has 0 spiro atoms. The zero-order valence-corrected chi connectivity index (χ0v) is 10.2. The number of carbonyl (C=O) groups excluding carboxylic acids is 1. The summed E-state index contributed by atoms with van der Waals surface area (Å²) in [6.45, 7) is -0.126. The summed E-state index contributed by atoms with van der Waals surface area (Å²) in [5.41, 5.74) is 0. The van der Waals surface area contributed by atoms with Crippen molar-refractivity contribution in [2.24, 2.45) is 0 Å². The number of rotatable bonds is 2. The molecule has 2 aliphatic rings. The number of likely N-dealkylation sites (tertiary alicyclic amines) is 1. The molecule has 3 atom stereocenters. The molecule has 2 fully saturated rings. The zero-order valence-electron chi connectivity index (χ0n) is 9.38. The lowest BCUT2D eigenvalue weighted by molar-refractivity contribution is -0.133. The van der Waals surface area contributed by atoms with E-state index in [1.807, 2.05) is 0 Å². The van der Waals surface area contributed by atoms with Crippen molar-refractivity contribution in [2.75, 3.05) is 6.54 Å². The minimum Gasteiger partial charge on any atom is -0.391 e. The number of nitrogens with zero attached hydrogens (tertiary/aromatic N) is 1. The van der Waals surface area contributed by atoms with Gasteiger partial charge in [0.15, 0.2) is 0 Å². The van der Waals surface area contributed by atoms with Crippen LogP contribution in [0.1, 0.15) is 32.1 Å². The minimum absolute atomic E-state index is 0.126. The molecule has 1 aliphatic carbocycles. The van der Waals surface area contributed by atoms with Crippen LogP contribution in [-0.4, -0.2) is 48.3 Å². The molecule has 1 saturated carbocycles. The van der Waals surface area contributed by atoms with Gasteiger partial charge in [0.25, 0.3) is 0 Å². The van der Waals surface area contributed by atoms with Gasteiger partial charge in [-0.05, 0) is 12.8 Å². The second-order valence-corrected chi connectivity index (χ2v) is 6.38. The molecule has 1 heterocycles. The predicted molar refractivity (Wildman–Crippen MR) is 58.4 cm³/mol. The van der Waals surface area contributed by atoms with Crippen LogP contribution in [0, 0.1) is 0 Å². The molecule has 5 nitrogen and oxygen atoms in total. The van der Waals surface area contributed by atoms with Crippen LogP contribution in [0.4, 0.5) is 3.89 Å². The largest absolute Gasteiger partial charge is 0.391 e. The standard InChI is InChI=1S/C10H16FNO4S/c11-17(15,16)7-5-10(14)12(6-7)8-3-1-2-4-9(8)13/h7-9,13H,1-6H2. The Morgan fingerprint density at radius 1 is 1.29 bits per heavy atom. The molecule has 7 heteroatoms. The Balaban J connectivity index is 2.10. The van der Waals surface area contributed by atoms with Gasteiger partial charge < -0.3 is 10.0 Å². The van der Waals surface area contributed by atoms with E-state index in [1.165, 1.54) is 4.90 Å². The van der Waals surface area contributed by atoms with Gasteiger partial charge >= 0.3 is 10.2 Å². The SMILES string of the molecule is O=C1CC(S(=O)(=O)F)CN1C1CCCCC1O. The molecule has 1 N–H and O–H groups in total. The first-order valence-corrected chi connectivity index (χ1v) is 7.25. The number of aliphatic hydroxyl groups is 1. The van der Waals surface area contributed by atoms with Crippen LogP contribution in [-0.2, 0) is 15.0 Å². The number of amides is 1. The summed E-state index contributed by atoms with van der Waals surface area (Å²) >= 11 is 0. The van der Waals surface area contributed by atoms with Crippen LogP contribution in [0.2, 0.25) is 0 Å². The number of hydrogen-bond acceptors (Lipinski definition) is 4. The van der Waals surface area contributed by atoms with Crippen molar-refractivity contribution in [3.05, 3.63) is 0 Å². The Hall–Kier alpha value is -0.690. The summed E-state index contributed by atoms with van der Waals surface area (Å²) in [6.07, 6.45) is 2.16. The lowest BCUT2D eigenvalue weighted by Crippen LogP contribution is -2.46. The summed E-state index contributed by atoms with van der Waals surface area (Å²) in [6, 6.07) is -0.344. The van der Waals surface area contributed by atoms with Crippen molar-refractivity contribution in [1.82, 2.24) is 4.90 Å². The summed E-state index contributed by atoms with van der Waals surface area (Å²) in [5, 5.41) is 8.54. The second-order valence-electron chi connectivity index (χ2n) is 4.77. The molecule has 1 saturated heterocycles. The predicted octanol–water partition coefficient (Wildman–Crippen LogP) is 0.190. The van der Waals surface area contributed by atoms with Crippen molar-refractivity contribution in [1.29, 1.82) is 0 Å². The van der Waals surface area contributed by atoms with Gasteiger partial charge in [-0.1, -0.05) is 12.8 Å². The van der Waals surface area contributed by atoms with Crippen molar-refractivity contribution in [3.63, 3.8) is 0 Å². The monoisotopic (exact) mass is 265 g/mol. The van der Waals surface area contributed by atoms with Crippen LogP contribution in [0.3, 0.4) is 0 Å². The second kappa shape index (κ2) is 4.53. The summed E-state index contributed by atoms with van der Waals surface area (Å²) in [7, 11) is -4.67. The van der Waals surface area contributed by atoms with E-state index in [0.717, 1.165) is 12.8 Å². The highest BCUT2D eigenvalue weighted by atomic mass is 32.3. The highest BCUT2D eigenvalue weighted by Gasteiger charge is 2.43. The molecule has 98 valence electrons. The molecular weight excluding hydrogens is 249 g/mol. The van der Waals surface area contributed by atoms with Crippen molar-refractivity contribution in [3.8, 4) is 0 Å². The van der Waals surface area contributed by atoms with E-state index < -0.39 is 21.6 Å². The minimum atomic E-state index is -4.67. The molecular formula is C10H16FNO4S. The van der Waals surface area contributed by atoms with Gasteiger partial charge in [-0.15, -0.1) is 3.89 Å². The lowest BCUT2D eigenvalue weighted by Gasteiger charge is -2.35. The van der Waals surface area contributed by atoms with E-state index in [0.29, 0.717) is 12.8 Å². The zero-order chi connectivity index (χ0) is 12.6. The topological polar surface area (TPSA) is 74.7 Å². The molecule has 0 aromatic heterocycles. The van der Waals surface area contributed by atoms with Gasteiger partial charge in [-0.25, -0.2) is 0 Å². The van der Waals surface area contributed by atoms with Crippen molar-refractivity contribution >= 4 is 16.1 Å². The Bertz CT molecular complexity index is 411. The number of aliphatic hydroxyl groups excluding tert-OH is 1. The lowest BCUT2D eigenvalue weighted by atomic mass is 9.91. The van der Waals surface area contributed by atoms with E-state index in [-0.39, 0.29) is 24.9 Å². The Morgan fingerprint density at radius 2 is 1.94 bits per heavy atom. The highest BCUT2D eigenvalue weighted by Crippen LogP contribution is 2.29. The van der Waals surface area contributed by atoms with Crippen LogP contribution in [0.15, 0.2) is 0 Å². The molecule has 17 heavy (non-hydrogen) atoms. The van der Waals surface area contributed by atoms with E-state index in [1.54, 1.807) is 0 Å². The van der Waals surface area contributed by atoms with Crippen molar-refractivity contribution < 1.29 is 22.2 Å².